The molecule has 0 spiro atoms. The Morgan fingerprint density at radius 2 is 2.00 bits per heavy atom. The third-order valence-electron chi connectivity index (χ3n) is 5.23. The Hall–Kier alpha value is -2.64. The van der Waals surface area contributed by atoms with E-state index in [1.807, 2.05) is 7.05 Å². The van der Waals surface area contributed by atoms with E-state index in [1.165, 1.54) is 18.3 Å². The van der Waals surface area contributed by atoms with Crippen molar-refractivity contribution in [1.82, 2.24) is 4.98 Å². The minimum Gasteiger partial charge on any atom is -0.369 e. The van der Waals surface area contributed by atoms with Gasteiger partial charge in [0.15, 0.2) is 0 Å². The van der Waals surface area contributed by atoms with Crippen molar-refractivity contribution in [2.75, 3.05) is 17.4 Å². The number of hydrazone groups is 1. The van der Waals surface area contributed by atoms with Crippen LogP contribution in [0.5, 0.6) is 0 Å². The molecule has 1 unspecified atom stereocenters. The first-order valence-corrected chi connectivity index (χ1v) is 8.88. The molecule has 0 bridgehead atoms. The van der Waals surface area contributed by atoms with Gasteiger partial charge in [-0.15, -0.1) is 0 Å². The van der Waals surface area contributed by atoms with E-state index in [4.69, 9.17) is 0 Å². The first kappa shape index (κ1) is 20.1. The van der Waals surface area contributed by atoms with Crippen LogP contribution in [-0.4, -0.2) is 23.8 Å². The lowest BCUT2D eigenvalue weighted by Gasteiger charge is -2.45. The molecule has 150 valence electrons. The number of nitrogens with one attached hydrogen (secondary N) is 1. The van der Waals surface area contributed by atoms with Crippen LogP contribution in [0.15, 0.2) is 35.6 Å². The average molecular weight is 394 g/mol. The number of alkyl halides is 3. The minimum absolute atomic E-state index is 0.0652. The van der Waals surface area contributed by atoms with Gasteiger partial charge in [-0.05, 0) is 56.0 Å². The van der Waals surface area contributed by atoms with E-state index in [-0.39, 0.29) is 17.3 Å². The van der Waals surface area contributed by atoms with E-state index in [1.54, 1.807) is 6.07 Å². The largest absolute Gasteiger partial charge is 0.417 e. The maximum atomic E-state index is 14.6. The van der Waals surface area contributed by atoms with Crippen LogP contribution in [0, 0.1) is 5.82 Å². The van der Waals surface area contributed by atoms with Gasteiger partial charge in [0, 0.05) is 30.0 Å². The molecule has 1 aliphatic rings. The number of pyridine rings is 1. The van der Waals surface area contributed by atoms with Gasteiger partial charge >= 0.3 is 6.18 Å². The minimum atomic E-state index is -4.44. The molecule has 1 aromatic heterocycles. The zero-order valence-electron chi connectivity index (χ0n) is 16.1. The molecule has 0 saturated heterocycles. The number of rotatable bonds is 3. The average Bonchev–Trinajstić information content (AvgIpc) is 2.60. The molecule has 0 saturated carbocycles. The first-order chi connectivity index (χ1) is 13.0. The third kappa shape index (κ3) is 3.95. The number of aromatic nitrogens is 1. The molecule has 1 atom stereocenters. The summed E-state index contributed by atoms with van der Waals surface area (Å²) in [6, 6.07) is 5.35. The van der Waals surface area contributed by atoms with Gasteiger partial charge in [0.25, 0.3) is 0 Å². The van der Waals surface area contributed by atoms with E-state index < -0.39 is 17.6 Å². The summed E-state index contributed by atoms with van der Waals surface area (Å²) in [6.07, 6.45) is -1.48. The maximum Gasteiger partial charge on any atom is 0.417 e. The highest BCUT2D eigenvalue weighted by atomic mass is 19.4. The monoisotopic (exact) mass is 394 g/mol. The summed E-state index contributed by atoms with van der Waals surface area (Å²) in [6.45, 7) is 6.36. The zero-order valence-corrected chi connectivity index (χ0v) is 16.1. The molecule has 1 N–H and O–H groups in total. The van der Waals surface area contributed by atoms with Crippen molar-refractivity contribution in [3.63, 3.8) is 0 Å². The molecule has 2 heterocycles. The summed E-state index contributed by atoms with van der Waals surface area (Å²) in [5.41, 5.74) is 3.82. The van der Waals surface area contributed by atoms with Crippen LogP contribution in [0.1, 0.15) is 49.8 Å². The predicted octanol–water partition coefficient (Wildman–Crippen LogP) is 5.41. The van der Waals surface area contributed by atoms with Gasteiger partial charge in [0.2, 0.25) is 0 Å². The fourth-order valence-electron chi connectivity index (χ4n) is 3.50. The molecule has 2 aromatic rings. The highest BCUT2D eigenvalue weighted by Gasteiger charge is 2.34. The van der Waals surface area contributed by atoms with Crippen molar-refractivity contribution in [3.05, 3.63) is 53.0 Å². The van der Waals surface area contributed by atoms with Crippen LogP contribution >= 0.6 is 0 Å². The van der Waals surface area contributed by atoms with Crippen LogP contribution in [0.25, 0.3) is 0 Å². The quantitative estimate of drug-likeness (QED) is 0.430. The molecule has 0 amide bonds. The smallest absolute Gasteiger partial charge is 0.369 e. The van der Waals surface area contributed by atoms with Crippen molar-refractivity contribution in [1.29, 1.82) is 0 Å². The van der Waals surface area contributed by atoms with Gasteiger partial charge in [0.05, 0.1) is 11.8 Å². The molecular formula is C20H22F4N4. The van der Waals surface area contributed by atoms with Gasteiger partial charge in [-0.1, -0.05) is 6.92 Å². The topological polar surface area (TPSA) is 40.5 Å². The lowest BCUT2D eigenvalue weighted by atomic mass is 9.80. The van der Waals surface area contributed by atoms with Crippen molar-refractivity contribution in [2.24, 2.45) is 5.10 Å². The van der Waals surface area contributed by atoms with E-state index in [2.05, 4.69) is 41.2 Å². The summed E-state index contributed by atoms with van der Waals surface area (Å²) in [5, 5.41) is 3.91. The van der Waals surface area contributed by atoms with Gasteiger partial charge in [0.1, 0.15) is 11.6 Å². The standard InChI is InChI=1S/C20H22F4N4/c1-12-9-19(2,3)28(4)17-8-16(21)13(7-15(12)17)10-26-27-18-6-5-14(11-25-18)20(22,23)24/h5-8,10-12H,9H2,1-4H3,(H,25,27)/b26-10+. The number of hydrogen-bond acceptors (Lipinski definition) is 4. The highest BCUT2D eigenvalue weighted by Crippen LogP contribution is 2.43. The fourth-order valence-corrected chi connectivity index (χ4v) is 3.50. The van der Waals surface area contributed by atoms with E-state index in [0.717, 1.165) is 29.9 Å². The Balaban J connectivity index is 1.79. The van der Waals surface area contributed by atoms with Crippen LogP contribution in [0.4, 0.5) is 29.1 Å². The predicted molar refractivity (Wildman–Crippen MR) is 102 cm³/mol. The lowest BCUT2D eigenvalue weighted by molar-refractivity contribution is -0.137. The van der Waals surface area contributed by atoms with Crippen molar-refractivity contribution in [2.45, 2.75) is 44.8 Å². The summed E-state index contributed by atoms with van der Waals surface area (Å²) in [5.74, 6) is -0.0163. The summed E-state index contributed by atoms with van der Waals surface area (Å²) in [4.78, 5) is 5.74. The number of hydrogen-bond donors (Lipinski definition) is 1. The van der Waals surface area contributed by atoms with Crippen molar-refractivity contribution >= 4 is 17.7 Å². The van der Waals surface area contributed by atoms with Crippen LogP contribution < -0.4 is 10.3 Å². The fraction of sp³-hybridized carbons (Fsp3) is 0.400. The molecule has 4 nitrogen and oxygen atoms in total. The zero-order chi connectivity index (χ0) is 20.7. The van der Waals surface area contributed by atoms with Crippen LogP contribution in [-0.2, 0) is 6.18 Å². The third-order valence-corrected chi connectivity index (χ3v) is 5.23. The number of benzene rings is 1. The second kappa shape index (κ2) is 7.07. The number of fused-ring (bicyclic) bond motifs is 1. The maximum absolute atomic E-state index is 14.6. The number of halogens is 4. The van der Waals surface area contributed by atoms with Gasteiger partial charge in [-0.3, -0.25) is 5.43 Å². The highest BCUT2D eigenvalue weighted by molar-refractivity contribution is 5.82. The second-order valence-electron chi connectivity index (χ2n) is 7.71. The number of anilines is 2. The molecule has 28 heavy (non-hydrogen) atoms. The van der Waals surface area contributed by atoms with E-state index in [9.17, 15) is 17.6 Å². The van der Waals surface area contributed by atoms with Gasteiger partial charge in [-0.2, -0.15) is 18.3 Å². The lowest BCUT2D eigenvalue weighted by Crippen LogP contribution is -2.45. The Morgan fingerprint density at radius 3 is 2.61 bits per heavy atom. The van der Waals surface area contributed by atoms with Gasteiger partial charge in [-0.25, -0.2) is 9.37 Å². The second-order valence-corrected chi connectivity index (χ2v) is 7.71. The molecule has 0 aliphatic carbocycles. The molecular weight excluding hydrogens is 372 g/mol. The normalized spacial score (nSPS) is 19.0. The van der Waals surface area contributed by atoms with Crippen LogP contribution in [0.2, 0.25) is 0 Å². The summed E-state index contributed by atoms with van der Waals surface area (Å²) >= 11 is 0. The van der Waals surface area contributed by atoms with Crippen LogP contribution in [0.3, 0.4) is 0 Å². The molecule has 0 radical (unpaired) electrons. The summed E-state index contributed by atoms with van der Waals surface area (Å²) < 4.78 is 52.2. The SMILES string of the molecule is CC1CC(C)(C)N(C)c2cc(F)c(/C=N/Nc3ccc(C(F)(F)F)cn3)cc21. The molecule has 3 rings (SSSR count). The van der Waals surface area contributed by atoms with Gasteiger partial charge < -0.3 is 4.90 Å². The van der Waals surface area contributed by atoms with E-state index in [0.29, 0.717) is 5.56 Å². The van der Waals surface area contributed by atoms with Crippen molar-refractivity contribution < 1.29 is 17.6 Å². The molecule has 1 aromatic carbocycles. The number of nitrogens with zero attached hydrogens (tertiary/aromatic N) is 3. The molecule has 8 heteroatoms. The molecule has 0 fully saturated rings. The Bertz CT molecular complexity index is 888. The van der Waals surface area contributed by atoms with E-state index >= 15 is 0 Å². The molecule has 1 aliphatic heterocycles. The Morgan fingerprint density at radius 1 is 1.29 bits per heavy atom. The first-order valence-electron chi connectivity index (χ1n) is 8.88. The Labute approximate surface area is 161 Å². The Kier molecular flexibility index (Phi) is 5.08. The summed E-state index contributed by atoms with van der Waals surface area (Å²) in [7, 11) is 1.95. The van der Waals surface area contributed by atoms with Crippen molar-refractivity contribution in [3.8, 4) is 0 Å².